The molecule has 2 aromatic rings. The van der Waals surface area contributed by atoms with Crippen molar-refractivity contribution < 1.29 is 14.4 Å². The molecule has 2 aliphatic rings. The molecule has 156 valence electrons. The van der Waals surface area contributed by atoms with Crippen molar-refractivity contribution in [1.29, 1.82) is 0 Å². The molecule has 3 N–H and O–H groups in total. The molecule has 1 aliphatic carbocycles. The Morgan fingerprint density at radius 2 is 1.73 bits per heavy atom. The number of anilines is 1. The second-order valence-corrected chi connectivity index (χ2v) is 8.85. The Kier molecular flexibility index (Phi) is 5.46. The number of rotatable bonds is 4. The van der Waals surface area contributed by atoms with Gasteiger partial charge in [0.1, 0.15) is 5.54 Å². The van der Waals surface area contributed by atoms with E-state index in [1.807, 2.05) is 44.2 Å². The van der Waals surface area contributed by atoms with Crippen LogP contribution in [-0.2, 0) is 9.59 Å². The summed E-state index contributed by atoms with van der Waals surface area (Å²) in [6, 6.07) is 9.05. The van der Waals surface area contributed by atoms with Crippen LogP contribution >= 0.6 is 11.8 Å². The summed E-state index contributed by atoms with van der Waals surface area (Å²) in [6.07, 6.45) is 2.04. The summed E-state index contributed by atoms with van der Waals surface area (Å²) in [7, 11) is 0. The summed E-state index contributed by atoms with van der Waals surface area (Å²) in [6.45, 7) is 3.88. The fourth-order valence-electron chi connectivity index (χ4n) is 3.95. The number of amides is 4. The molecule has 2 heterocycles. The second kappa shape index (κ2) is 8.06. The van der Waals surface area contributed by atoms with Crippen molar-refractivity contribution in [1.82, 2.24) is 20.6 Å². The first-order valence-corrected chi connectivity index (χ1v) is 10.7. The van der Waals surface area contributed by atoms with Gasteiger partial charge in [-0.05, 0) is 81.6 Å². The SMILES string of the molecule is Cc1cc(C)nc(Sc2ccc(NC(=O)C3CCC4(CC3)NC(=O)NC4=O)cc2)n1. The Balaban J connectivity index is 1.33. The number of aromatic nitrogens is 2. The number of carbonyl (C=O) groups is 3. The predicted octanol–water partition coefficient (Wildman–Crippen LogP) is 2.95. The number of aryl methyl sites for hydroxylation is 2. The molecule has 1 saturated heterocycles. The van der Waals surface area contributed by atoms with Crippen molar-refractivity contribution in [2.24, 2.45) is 5.92 Å². The minimum Gasteiger partial charge on any atom is -0.326 e. The molecule has 1 spiro atoms. The zero-order valence-electron chi connectivity index (χ0n) is 16.8. The van der Waals surface area contributed by atoms with Crippen LogP contribution in [0.3, 0.4) is 0 Å². The van der Waals surface area contributed by atoms with Gasteiger partial charge in [-0.3, -0.25) is 14.9 Å². The molecule has 0 atom stereocenters. The molecule has 1 saturated carbocycles. The minimum atomic E-state index is -0.844. The molecule has 0 radical (unpaired) electrons. The zero-order chi connectivity index (χ0) is 21.3. The van der Waals surface area contributed by atoms with E-state index in [4.69, 9.17) is 0 Å². The highest BCUT2D eigenvalue weighted by molar-refractivity contribution is 7.99. The lowest BCUT2D eigenvalue weighted by Gasteiger charge is -2.33. The van der Waals surface area contributed by atoms with Crippen molar-refractivity contribution in [3.63, 3.8) is 0 Å². The van der Waals surface area contributed by atoms with Crippen LogP contribution in [0, 0.1) is 19.8 Å². The number of benzene rings is 1. The lowest BCUT2D eigenvalue weighted by Crippen LogP contribution is -2.50. The number of urea groups is 1. The molecule has 2 fully saturated rings. The van der Waals surface area contributed by atoms with Crippen LogP contribution in [0.2, 0.25) is 0 Å². The highest BCUT2D eigenvalue weighted by atomic mass is 32.2. The van der Waals surface area contributed by atoms with Crippen LogP contribution in [0.15, 0.2) is 40.4 Å². The Morgan fingerprint density at radius 3 is 2.30 bits per heavy atom. The smallest absolute Gasteiger partial charge is 0.322 e. The number of hydrogen-bond donors (Lipinski definition) is 3. The average molecular weight is 426 g/mol. The predicted molar refractivity (Wildman–Crippen MR) is 112 cm³/mol. The number of imide groups is 1. The highest BCUT2D eigenvalue weighted by Crippen LogP contribution is 2.35. The third kappa shape index (κ3) is 4.30. The minimum absolute atomic E-state index is 0.0624. The van der Waals surface area contributed by atoms with Gasteiger partial charge in [-0.1, -0.05) is 0 Å². The molecule has 1 aliphatic heterocycles. The summed E-state index contributed by atoms with van der Waals surface area (Å²) in [5.41, 5.74) is 1.73. The molecule has 8 nitrogen and oxygen atoms in total. The van der Waals surface area contributed by atoms with Gasteiger partial charge < -0.3 is 10.6 Å². The standard InChI is InChI=1S/C21H23N5O3S/c1-12-11-13(2)23-20(22-12)30-16-5-3-15(4-6-16)24-17(27)14-7-9-21(10-8-14)18(28)25-19(29)26-21/h3-6,11,14H,7-10H2,1-2H3,(H,24,27)(H2,25,26,28,29). The first-order chi connectivity index (χ1) is 14.3. The van der Waals surface area contributed by atoms with Crippen LogP contribution in [0.5, 0.6) is 0 Å². The van der Waals surface area contributed by atoms with Gasteiger partial charge in [0.15, 0.2) is 5.16 Å². The van der Waals surface area contributed by atoms with Crippen LogP contribution in [0.1, 0.15) is 37.1 Å². The van der Waals surface area contributed by atoms with E-state index in [-0.39, 0.29) is 17.7 Å². The maximum Gasteiger partial charge on any atom is 0.322 e. The van der Waals surface area contributed by atoms with E-state index in [1.54, 1.807) is 0 Å². The van der Waals surface area contributed by atoms with E-state index in [0.717, 1.165) is 22.0 Å². The fraction of sp³-hybridized carbons (Fsp3) is 0.381. The zero-order valence-corrected chi connectivity index (χ0v) is 17.6. The van der Waals surface area contributed by atoms with E-state index < -0.39 is 11.6 Å². The first kappa shape index (κ1) is 20.3. The molecule has 0 unspecified atom stereocenters. The summed E-state index contributed by atoms with van der Waals surface area (Å²) < 4.78 is 0. The largest absolute Gasteiger partial charge is 0.326 e. The Labute approximate surface area is 178 Å². The molecule has 4 rings (SSSR count). The molecule has 4 amide bonds. The van der Waals surface area contributed by atoms with Gasteiger partial charge in [0.05, 0.1) is 0 Å². The number of nitrogens with zero attached hydrogens (tertiary/aromatic N) is 2. The van der Waals surface area contributed by atoms with E-state index >= 15 is 0 Å². The van der Waals surface area contributed by atoms with Gasteiger partial charge >= 0.3 is 6.03 Å². The van der Waals surface area contributed by atoms with Crippen LogP contribution in [0.4, 0.5) is 10.5 Å². The van der Waals surface area contributed by atoms with Crippen LogP contribution in [0.25, 0.3) is 0 Å². The molecule has 0 bridgehead atoms. The maximum absolute atomic E-state index is 12.6. The van der Waals surface area contributed by atoms with Gasteiger partial charge in [-0.2, -0.15) is 0 Å². The highest BCUT2D eigenvalue weighted by Gasteiger charge is 2.48. The van der Waals surface area contributed by atoms with Crippen molar-refractivity contribution >= 4 is 35.3 Å². The van der Waals surface area contributed by atoms with Gasteiger partial charge in [0, 0.05) is 27.9 Å². The van der Waals surface area contributed by atoms with Crippen LogP contribution < -0.4 is 16.0 Å². The number of carbonyl (C=O) groups excluding carboxylic acids is 3. The Bertz CT molecular complexity index is 980. The van der Waals surface area contributed by atoms with Gasteiger partial charge in [0.2, 0.25) is 5.91 Å². The van der Waals surface area contributed by atoms with Crippen molar-refractivity contribution in [3.05, 3.63) is 41.7 Å². The number of hydrogen-bond acceptors (Lipinski definition) is 6. The van der Waals surface area contributed by atoms with Crippen molar-refractivity contribution in [3.8, 4) is 0 Å². The Morgan fingerprint density at radius 1 is 1.10 bits per heavy atom. The maximum atomic E-state index is 12.6. The van der Waals surface area contributed by atoms with Crippen molar-refractivity contribution in [2.45, 2.75) is 55.1 Å². The second-order valence-electron chi connectivity index (χ2n) is 7.81. The molecular weight excluding hydrogens is 402 g/mol. The van der Waals surface area contributed by atoms with Gasteiger partial charge in [-0.25, -0.2) is 14.8 Å². The van der Waals surface area contributed by atoms with Crippen molar-refractivity contribution in [2.75, 3.05) is 5.32 Å². The lowest BCUT2D eigenvalue weighted by molar-refractivity contribution is -0.128. The Hall–Kier alpha value is -2.94. The van der Waals surface area contributed by atoms with Gasteiger partial charge in [0.25, 0.3) is 5.91 Å². The molecule has 1 aromatic carbocycles. The third-order valence-corrected chi connectivity index (χ3v) is 6.39. The summed E-state index contributed by atoms with van der Waals surface area (Å²) >= 11 is 1.48. The van der Waals surface area contributed by atoms with E-state index in [9.17, 15) is 14.4 Å². The normalized spacial score (nSPS) is 23.2. The first-order valence-electron chi connectivity index (χ1n) is 9.88. The summed E-state index contributed by atoms with van der Waals surface area (Å²) in [5.74, 6) is -0.529. The molecule has 30 heavy (non-hydrogen) atoms. The lowest BCUT2D eigenvalue weighted by atomic mass is 9.76. The molecular formula is C21H23N5O3S. The average Bonchev–Trinajstić information content (AvgIpc) is 2.95. The molecule has 1 aromatic heterocycles. The molecule has 9 heteroatoms. The fourth-order valence-corrected chi connectivity index (χ4v) is 4.81. The quantitative estimate of drug-likeness (QED) is 0.513. The number of nitrogens with one attached hydrogen (secondary N) is 3. The summed E-state index contributed by atoms with van der Waals surface area (Å²) in [4.78, 5) is 45.9. The van der Waals surface area contributed by atoms with E-state index in [2.05, 4.69) is 25.9 Å². The topological polar surface area (TPSA) is 113 Å². The van der Waals surface area contributed by atoms with E-state index in [1.165, 1.54) is 11.8 Å². The monoisotopic (exact) mass is 425 g/mol. The third-order valence-electron chi connectivity index (χ3n) is 5.52. The van der Waals surface area contributed by atoms with E-state index in [0.29, 0.717) is 30.8 Å². The van der Waals surface area contributed by atoms with Crippen LogP contribution in [-0.4, -0.2) is 33.4 Å². The summed E-state index contributed by atoms with van der Waals surface area (Å²) in [5, 5.41) is 8.66. The van der Waals surface area contributed by atoms with Gasteiger partial charge in [-0.15, -0.1) is 0 Å².